The summed E-state index contributed by atoms with van der Waals surface area (Å²) in [4.78, 5) is 17.9. The van der Waals surface area contributed by atoms with Crippen molar-refractivity contribution < 1.29 is 9.63 Å². The number of nitrogens with one attached hydrogen (secondary N) is 2. The second kappa shape index (κ2) is 4.84. The van der Waals surface area contributed by atoms with Crippen molar-refractivity contribution in [1.82, 2.24) is 10.6 Å². The largest absolute Gasteiger partial charge is 0.387 e. The Kier molecular flexibility index (Phi) is 2.96. The highest BCUT2D eigenvalue weighted by molar-refractivity contribution is 6.39. The molecule has 5 nitrogen and oxygen atoms in total. The molecule has 1 aromatic carbocycles. The van der Waals surface area contributed by atoms with Crippen LogP contribution < -0.4 is 10.6 Å². The fourth-order valence-electron chi connectivity index (χ4n) is 3.52. The van der Waals surface area contributed by atoms with Crippen LogP contribution in [0.3, 0.4) is 0 Å². The number of hydrogen-bond donors (Lipinski definition) is 2. The maximum atomic E-state index is 12.4. The van der Waals surface area contributed by atoms with Gasteiger partial charge in [0.15, 0.2) is 5.60 Å². The zero-order chi connectivity index (χ0) is 14.3. The quantitative estimate of drug-likeness (QED) is 0.844. The summed E-state index contributed by atoms with van der Waals surface area (Å²) < 4.78 is 0. The molecule has 1 aliphatic carbocycles. The number of amides is 1. The topological polar surface area (TPSA) is 62.7 Å². The van der Waals surface area contributed by atoms with E-state index in [1.165, 1.54) is 11.1 Å². The van der Waals surface area contributed by atoms with Crippen LogP contribution in [0.5, 0.6) is 0 Å². The number of benzene rings is 1. The molecule has 0 aromatic heterocycles. The van der Waals surface area contributed by atoms with Crippen LogP contribution in [-0.2, 0) is 22.5 Å². The standard InChI is InChI=1S/C16H19N3O2/c20-15(14-9-16(21-19-14)5-6-17-10-16)18-13-7-11-3-1-2-4-12(11)8-13/h1-4,13,17H,5-10H2,(H,18,20). The van der Waals surface area contributed by atoms with Gasteiger partial charge in [0, 0.05) is 25.4 Å². The molecular weight excluding hydrogens is 266 g/mol. The molecule has 1 saturated heterocycles. The third kappa shape index (κ3) is 2.31. The summed E-state index contributed by atoms with van der Waals surface area (Å²) in [6, 6.07) is 8.55. The first-order valence-corrected chi connectivity index (χ1v) is 7.58. The van der Waals surface area contributed by atoms with Crippen molar-refractivity contribution in [2.45, 2.75) is 37.3 Å². The van der Waals surface area contributed by atoms with Gasteiger partial charge in [0.1, 0.15) is 5.71 Å². The number of carbonyl (C=O) groups is 1. The highest BCUT2D eigenvalue weighted by Gasteiger charge is 2.43. The summed E-state index contributed by atoms with van der Waals surface area (Å²) in [6.45, 7) is 1.71. The minimum absolute atomic E-state index is 0.0726. The molecule has 5 heteroatoms. The van der Waals surface area contributed by atoms with Gasteiger partial charge in [-0.15, -0.1) is 0 Å². The van der Waals surface area contributed by atoms with Crippen LogP contribution in [0.15, 0.2) is 29.4 Å². The Morgan fingerprint density at radius 3 is 2.76 bits per heavy atom. The summed E-state index contributed by atoms with van der Waals surface area (Å²) in [5.74, 6) is -0.0726. The number of fused-ring (bicyclic) bond motifs is 1. The van der Waals surface area contributed by atoms with Crippen molar-refractivity contribution in [1.29, 1.82) is 0 Å². The van der Waals surface area contributed by atoms with Gasteiger partial charge in [0.25, 0.3) is 5.91 Å². The van der Waals surface area contributed by atoms with E-state index in [4.69, 9.17) is 4.84 Å². The third-order valence-electron chi connectivity index (χ3n) is 4.69. The molecule has 1 spiro atoms. The first-order valence-electron chi connectivity index (χ1n) is 7.58. The number of hydrogen-bond acceptors (Lipinski definition) is 4. The second-order valence-corrected chi connectivity index (χ2v) is 6.26. The van der Waals surface area contributed by atoms with Gasteiger partial charge in [-0.25, -0.2) is 0 Å². The van der Waals surface area contributed by atoms with Gasteiger partial charge in [-0.1, -0.05) is 29.4 Å². The predicted octanol–water partition coefficient (Wildman–Crippen LogP) is 0.778. The maximum absolute atomic E-state index is 12.4. The Labute approximate surface area is 123 Å². The number of rotatable bonds is 2. The monoisotopic (exact) mass is 285 g/mol. The minimum Gasteiger partial charge on any atom is -0.387 e. The Balaban J connectivity index is 1.37. The zero-order valence-corrected chi connectivity index (χ0v) is 11.9. The molecule has 1 amide bonds. The van der Waals surface area contributed by atoms with E-state index in [2.05, 4.69) is 40.1 Å². The van der Waals surface area contributed by atoms with E-state index >= 15 is 0 Å². The van der Waals surface area contributed by atoms with Gasteiger partial charge in [-0.3, -0.25) is 4.79 Å². The molecule has 4 rings (SSSR count). The predicted molar refractivity (Wildman–Crippen MR) is 79.1 cm³/mol. The summed E-state index contributed by atoms with van der Waals surface area (Å²) in [5, 5.41) is 10.4. The summed E-state index contributed by atoms with van der Waals surface area (Å²) in [7, 11) is 0. The van der Waals surface area contributed by atoms with Crippen LogP contribution in [0.1, 0.15) is 24.0 Å². The number of nitrogens with zero attached hydrogens (tertiary/aromatic N) is 1. The summed E-state index contributed by atoms with van der Waals surface area (Å²) >= 11 is 0. The number of oxime groups is 1. The molecule has 1 aromatic rings. The molecule has 3 aliphatic rings. The van der Waals surface area contributed by atoms with Crippen molar-refractivity contribution in [2.24, 2.45) is 5.16 Å². The van der Waals surface area contributed by atoms with Crippen LogP contribution in [0, 0.1) is 0 Å². The van der Waals surface area contributed by atoms with Crippen molar-refractivity contribution in [3.63, 3.8) is 0 Å². The molecule has 21 heavy (non-hydrogen) atoms. The Morgan fingerprint density at radius 2 is 2.10 bits per heavy atom. The smallest absolute Gasteiger partial charge is 0.269 e. The highest BCUT2D eigenvalue weighted by Crippen LogP contribution is 2.30. The average Bonchev–Trinajstić information content (AvgIpc) is 3.20. The summed E-state index contributed by atoms with van der Waals surface area (Å²) in [6.07, 6.45) is 3.35. The van der Waals surface area contributed by atoms with Crippen LogP contribution in [-0.4, -0.2) is 36.4 Å². The molecular formula is C16H19N3O2. The van der Waals surface area contributed by atoms with E-state index in [-0.39, 0.29) is 17.6 Å². The van der Waals surface area contributed by atoms with Crippen LogP contribution in [0.25, 0.3) is 0 Å². The van der Waals surface area contributed by atoms with Crippen molar-refractivity contribution in [3.8, 4) is 0 Å². The first-order chi connectivity index (χ1) is 10.2. The lowest BCUT2D eigenvalue weighted by molar-refractivity contribution is -0.115. The number of carbonyl (C=O) groups excluding carboxylic acids is 1. The van der Waals surface area contributed by atoms with Gasteiger partial charge in [-0.05, 0) is 30.5 Å². The van der Waals surface area contributed by atoms with Gasteiger partial charge in [0.05, 0.1) is 0 Å². The molecule has 1 fully saturated rings. The molecule has 0 saturated carbocycles. The van der Waals surface area contributed by atoms with E-state index in [0.717, 1.165) is 32.4 Å². The second-order valence-electron chi connectivity index (χ2n) is 6.26. The van der Waals surface area contributed by atoms with Crippen LogP contribution in [0.4, 0.5) is 0 Å². The van der Waals surface area contributed by atoms with Crippen LogP contribution in [0.2, 0.25) is 0 Å². The molecule has 110 valence electrons. The minimum atomic E-state index is -0.273. The van der Waals surface area contributed by atoms with Crippen LogP contribution >= 0.6 is 0 Å². The highest BCUT2D eigenvalue weighted by atomic mass is 16.7. The molecule has 0 radical (unpaired) electrons. The van der Waals surface area contributed by atoms with Gasteiger partial charge in [-0.2, -0.15) is 0 Å². The normalized spacial score (nSPS) is 27.5. The lowest BCUT2D eigenvalue weighted by Gasteiger charge is -2.18. The Hall–Kier alpha value is -1.88. The lowest BCUT2D eigenvalue weighted by Crippen LogP contribution is -2.41. The van der Waals surface area contributed by atoms with Gasteiger partial charge < -0.3 is 15.5 Å². The molecule has 2 heterocycles. The summed E-state index contributed by atoms with van der Waals surface area (Å²) in [5.41, 5.74) is 2.94. The van der Waals surface area contributed by atoms with Gasteiger partial charge >= 0.3 is 0 Å². The van der Waals surface area contributed by atoms with E-state index < -0.39 is 0 Å². The average molecular weight is 285 g/mol. The fraction of sp³-hybridized carbons (Fsp3) is 0.500. The maximum Gasteiger partial charge on any atom is 0.269 e. The molecule has 1 unspecified atom stereocenters. The van der Waals surface area contributed by atoms with Gasteiger partial charge in [0.2, 0.25) is 0 Å². The fourth-order valence-corrected chi connectivity index (χ4v) is 3.52. The van der Waals surface area contributed by atoms with E-state index in [1.807, 2.05) is 0 Å². The van der Waals surface area contributed by atoms with E-state index in [9.17, 15) is 4.79 Å². The zero-order valence-electron chi connectivity index (χ0n) is 11.9. The van der Waals surface area contributed by atoms with E-state index in [0.29, 0.717) is 12.1 Å². The van der Waals surface area contributed by atoms with Crippen molar-refractivity contribution >= 4 is 11.6 Å². The first kappa shape index (κ1) is 12.8. The Morgan fingerprint density at radius 1 is 1.33 bits per heavy atom. The van der Waals surface area contributed by atoms with Crippen molar-refractivity contribution in [2.75, 3.05) is 13.1 Å². The van der Waals surface area contributed by atoms with Crippen molar-refractivity contribution in [3.05, 3.63) is 35.4 Å². The lowest BCUT2D eigenvalue weighted by atomic mass is 9.96. The third-order valence-corrected chi connectivity index (χ3v) is 4.69. The molecule has 1 atom stereocenters. The molecule has 2 aliphatic heterocycles. The Bertz CT molecular complexity index is 580. The SMILES string of the molecule is O=C(NC1Cc2ccccc2C1)C1=NOC2(CCNC2)C1. The van der Waals surface area contributed by atoms with E-state index in [1.54, 1.807) is 0 Å². The molecule has 2 N–H and O–H groups in total. The molecule has 0 bridgehead atoms.